The molecule has 2 rings (SSSR count). The molecule has 4 heteroatoms. The molecule has 2 bridgehead atoms. The van der Waals surface area contributed by atoms with E-state index in [9.17, 15) is 9.59 Å². The summed E-state index contributed by atoms with van der Waals surface area (Å²) in [7, 11) is 0. The van der Waals surface area contributed by atoms with Crippen LogP contribution in [-0.2, 0) is 9.53 Å². The molecule has 1 amide bonds. The number of aldehydes is 1. The van der Waals surface area contributed by atoms with E-state index in [-0.39, 0.29) is 17.7 Å². The van der Waals surface area contributed by atoms with Crippen LogP contribution in [0.15, 0.2) is 0 Å². The molecule has 0 aliphatic carbocycles. The Labute approximate surface area is 102 Å². The van der Waals surface area contributed by atoms with E-state index >= 15 is 0 Å². The van der Waals surface area contributed by atoms with Crippen molar-refractivity contribution in [2.45, 2.75) is 70.1 Å². The Bertz CT molecular complexity index is 324. The summed E-state index contributed by atoms with van der Waals surface area (Å²) in [4.78, 5) is 24.8. The highest BCUT2D eigenvalue weighted by molar-refractivity contribution is 5.72. The van der Waals surface area contributed by atoms with Gasteiger partial charge >= 0.3 is 6.09 Å². The van der Waals surface area contributed by atoms with E-state index in [0.717, 1.165) is 32.0 Å². The van der Waals surface area contributed by atoms with Crippen molar-refractivity contribution in [2.24, 2.45) is 0 Å². The normalized spacial score (nSPS) is 31.7. The summed E-state index contributed by atoms with van der Waals surface area (Å²) in [6.07, 6.45) is 5.03. The van der Waals surface area contributed by atoms with Crippen molar-refractivity contribution in [1.29, 1.82) is 0 Å². The van der Waals surface area contributed by atoms with Crippen LogP contribution in [-0.4, -0.2) is 34.5 Å². The average Bonchev–Trinajstić information content (AvgIpc) is 2.69. The van der Waals surface area contributed by atoms with Crippen LogP contribution >= 0.6 is 0 Å². The van der Waals surface area contributed by atoms with Gasteiger partial charge in [0.15, 0.2) is 0 Å². The summed E-state index contributed by atoms with van der Waals surface area (Å²) in [6, 6.07) is 0.282. The SMILES string of the molecule is CC(C)(C)OC(=O)N1C2CCC1(CC=O)CC2. The standard InChI is InChI=1S/C13H21NO3/c1-12(2,3)17-11(16)14-10-4-6-13(14,7-5-10)8-9-15/h9-10H,4-8H2,1-3H3. The van der Waals surface area contributed by atoms with Crippen molar-refractivity contribution in [3.05, 3.63) is 0 Å². The van der Waals surface area contributed by atoms with Crippen LogP contribution in [0.4, 0.5) is 4.79 Å². The summed E-state index contributed by atoms with van der Waals surface area (Å²) in [6.45, 7) is 5.61. The summed E-state index contributed by atoms with van der Waals surface area (Å²) < 4.78 is 5.44. The van der Waals surface area contributed by atoms with Gasteiger partial charge in [0.2, 0.25) is 0 Å². The average molecular weight is 239 g/mol. The molecule has 4 nitrogen and oxygen atoms in total. The second-order valence-electron chi connectivity index (χ2n) is 6.18. The molecule has 0 spiro atoms. The molecular weight excluding hydrogens is 218 g/mol. The topological polar surface area (TPSA) is 46.6 Å². The zero-order valence-corrected chi connectivity index (χ0v) is 10.9. The number of ether oxygens (including phenoxy) is 1. The van der Waals surface area contributed by atoms with E-state index in [4.69, 9.17) is 4.74 Å². The molecule has 96 valence electrons. The van der Waals surface area contributed by atoms with Gasteiger partial charge in [-0.3, -0.25) is 4.90 Å². The molecule has 2 aliphatic rings. The second-order valence-corrected chi connectivity index (χ2v) is 6.18. The van der Waals surface area contributed by atoms with E-state index in [0.29, 0.717) is 6.42 Å². The second kappa shape index (κ2) is 4.00. The maximum absolute atomic E-state index is 12.2. The number of carbonyl (C=O) groups excluding carboxylic acids is 2. The van der Waals surface area contributed by atoms with Gasteiger partial charge in [-0.25, -0.2) is 4.79 Å². The Morgan fingerprint density at radius 1 is 1.41 bits per heavy atom. The van der Waals surface area contributed by atoms with Gasteiger partial charge in [-0.05, 0) is 46.5 Å². The number of hydrogen-bond donors (Lipinski definition) is 0. The van der Waals surface area contributed by atoms with E-state index in [1.807, 2.05) is 25.7 Å². The van der Waals surface area contributed by atoms with Crippen molar-refractivity contribution >= 4 is 12.4 Å². The maximum atomic E-state index is 12.2. The predicted octanol–water partition coefficient (Wildman–Crippen LogP) is 2.51. The maximum Gasteiger partial charge on any atom is 0.411 e. The fraction of sp³-hybridized carbons (Fsp3) is 0.846. The summed E-state index contributed by atoms with van der Waals surface area (Å²) in [5.74, 6) is 0. The highest BCUT2D eigenvalue weighted by Gasteiger charge is 2.54. The Morgan fingerprint density at radius 3 is 2.47 bits per heavy atom. The van der Waals surface area contributed by atoms with Gasteiger partial charge in [0.05, 0.1) is 5.54 Å². The lowest BCUT2D eigenvalue weighted by Gasteiger charge is -2.34. The van der Waals surface area contributed by atoms with Crippen LogP contribution in [0.5, 0.6) is 0 Å². The molecule has 0 radical (unpaired) electrons. The van der Waals surface area contributed by atoms with Gasteiger partial charge in [-0.1, -0.05) is 0 Å². The van der Waals surface area contributed by atoms with Gasteiger partial charge < -0.3 is 9.53 Å². The van der Waals surface area contributed by atoms with Crippen molar-refractivity contribution in [3.63, 3.8) is 0 Å². The minimum atomic E-state index is -0.471. The molecule has 0 aromatic heterocycles. The number of nitrogens with zero attached hydrogens (tertiary/aromatic N) is 1. The number of amides is 1. The first-order valence-corrected chi connectivity index (χ1v) is 6.34. The molecule has 2 fully saturated rings. The zero-order chi connectivity index (χ0) is 12.7. The van der Waals surface area contributed by atoms with E-state index in [1.54, 1.807) is 0 Å². The Balaban J connectivity index is 2.14. The summed E-state index contributed by atoms with van der Waals surface area (Å²) in [5, 5.41) is 0. The summed E-state index contributed by atoms with van der Waals surface area (Å²) >= 11 is 0. The van der Waals surface area contributed by atoms with Crippen LogP contribution in [0.3, 0.4) is 0 Å². The molecule has 0 saturated carbocycles. The van der Waals surface area contributed by atoms with Gasteiger partial charge in [-0.15, -0.1) is 0 Å². The Hall–Kier alpha value is -1.06. The minimum Gasteiger partial charge on any atom is -0.444 e. The van der Waals surface area contributed by atoms with Gasteiger partial charge in [0, 0.05) is 12.5 Å². The molecule has 17 heavy (non-hydrogen) atoms. The third kappa shape index (κ3) is 2.17. The number of fused-ring (bicyclic) bond motifs is 2. The number of carbonyl (C=O) groups is 2. The lowest BCUT2D eigenvalue weighted by molar-refractivity contribution is -0.109. The fourth-order valence-corrected chi connectivity index (χ4v) is 3.14. The summed E-state index contributed by atoms with van der Waals surface area (Å²) in [5.41, 5.74) is -0.712. The smallest absolute Gasteiger partial charge is 0.411 e. The van der Waals surface area contributed by atoms with Crippen LogP contribution < -0.4 is 0 Å². The molecule has 0 aromatic carbocycles. The monoisotopic (exact) mass is 239 g/mol. The molecule has 0 unspecified atom stereocenters. The van der Waals surface area contributed by atoms with Crippen molar-refractivity contribution in [3.8, 4) is 0 Å². The molecule has 2 heterocycles. The van der Waals surface area contributed by atoms with E-state index < -0.39 is 5.60 Å². The Kier molecular flexibility index (Phi) is 2.92. The molecule has 2 aliphatic heterocycles. The van der Waals surface area contributed by atoms with Crippen LogP contribution in [0.1, 0.15) is 52.9 Å². The third-order valence-corrected chi connectivity index (χ3v) is 3.82. The molecule has 0 aromatic rings. The first kappa shape index (κ1) is 12.4. The number of rotatable bonds is 2. The number of hydrogen-bond acceptors (Lipinski definition) is 3. The largest absolute Gasteiger partial charge is 0.444 e. The molecule has 0 N–H and O–H groups in total. The van der Waals surface area contributed by atoms with E-state index in [2.05, 4.69) is 0 Å². The molecular formula is C13H21NO3. The van der Waals surface area contributed by atoms with E-state index in [1.165, 1.54) is 0 Å². The minimum absolute atomic E-state index is 0.241. The predicted molar refractivity (Wildman–Crippen MR) is 63.7 cm³/mol. The van der Waals surface area contributed by atoms with Crippen molar-refractivity contribution in [1.82, 2.24) is 4.90 Å². The lowest BCUT2D eigenvalue weighted by Crippen LogP contribution is -2.47. The van der Waals surface area contributed by atoms with Crippen molar-refractivity contribution in [2.75, 3.05) is 0 Å². The van der Waals surface area contributed by atoms with Crippen LogP contribution in [0, 0.1) is 0 Å². The molecule has 0 atom stereocenters. The Morgan fingerprint density at radius 2 is 2.00 bits per heavy atom. The van der Waals surface area contributed by atoms with Crippen molar-refractivity contribution < 1.29 is 14.3 Å². The fourth-order valence-electron chi connectivity index (χ4n) is 3.14. The van der Waals surface area contributed by atoms with Gasteiger partial charge in [0.1, 0.15) is 11.9 Å². The van der Waals surface area contributed by atoms with Gasteiger partial charge in [0.25, 0.3) is 0 Å². The quantitative estimate of drug-likeness (QED) is 0.695. The van der Waals surface area contributed by atoms with Crippen LogP contribution in [0.2, 0.25) is 0 Å². The lowest BCUT2D eigenvalue weighted by atomic mass is 9.85. The molecule has 2 saturated heterocycles. The van der Waals surface area contributed by atoms with Gasteiger partial charge in [-0.2, -0.15) is 0 Å². The first-order chi connectivity index (χ1) is 7.88. The highest BCUT2D eigenvalue weighted by Crippen LogP contribution is 2.48. The zero-order valence-electron chi connectivity index (χ0n) is 10.9. The third-order valence-electron chi connectivity index (χ3n) is 3.82. The highest BCUT2D eigenvalue weighted by atomic mass is 16.6. The first-order valence-electron chi connectivity index (χ1n) is 6.34. The van der Waals surface area contributed by atoms with Crippen LogP contribution in [0.25, 0.3) is 0 Å².